The first-order valence-corrected chi connectivity index (χ1v) is 7.06. The number of carbonyl (C=O) groups is 1. The normalized spacial score (nSPS) is 10.4. The van der Waals surface area contributed by atoms with E-state index in [0.29, 0.717) is 5.69 Å². The summed E-state index contributed by atoms with van der Waals surface area (Å²) in [5, 5.41) is 18.0. The van der Waals surface area contributed by atoms with Gasteiger partial charge in [0.25, 0.3) is 11.6 Å². The molecule has 0 aliphatic heterocycles. The van der Waals surface area contributed by atoms with Gasteiger partial charge in [0.1, 0.15) is 18.3 Å². The molecule has 24 heavy (non-hydrogen) atoms. The Labute approximate surface area is 136 Å². The van der Waals surface area contributed by atoms with E-state index in [2.05, 4.69) is 15.4 Å². The number of rotatable bonds is 4. The van der Waals surface area contributed by atoms with Crippen molar-refractivity contribution >= 4 is 17.3 Å². The number of nitro benzene ring substituents is 1. The molecule has 8 nitrogen and oxygen atoms in total. The number of nitro groups is 1. The van der Waals surface area contributed by atoms with Gasteiger partial charge in [-0.1, -0.05) is 18.2 Å². The molecule has 1 amide bonds. The summed E-state index contributed by atoms with van der Waals surface area (Å²) in [6, 6.07) is 11.5. The largest absolute Gasteiger partial charge is 0.322 e. The lowest BCUT2D eigenvalue weighted by Crippen LogP contribution is -2.13. The van der Waals surface area contributed by atoms with E-state index in [9.17, 15) is 14.9 Å². The molecule has 0 spiro atoms. The lowest BCUT2D eigenvalue weighted by Gasteiger charge is -2.09. The van der Waals surface area contributed by atoms with E-state index in [0.717, 1.165) is 5.56 Å². The molecule has 1 heterocycles. The molecule has 2 aromatic carbocycles. The Morgan fingerprint density at radius 1 is 1.25 bits per heavy atom. The summed E-state index contributed by atoms with van der Waals surface area (Å²) in [7, 11) is 0. The number of benzene rings is 2. The van der Waals surface area contributed by atoms with Crippen molar-refractivity contribution in [3.8, 4) is 5.69 Å². The predicted molar refractivity (Wildman–Crippen MR) is 87.1 cm³/mol. The Hall–Kier alpha value is -3.55. The Morgan fingerprint density at radius 3 is 2.71 bits per heavy atom. The summed E-state index contributed by atoms with van der Waals surface area (Å²) >= 11 is 0. The zero-order valence-corrected chi connectivity index (χ0v) is 12.7. The van der Waals surface area contributed by atoms with Gasteiger partial charge in [0, 0.05) is 17.3 Å². The molecule has 0 saturated heterocycles. The smallest absolute Gasteiger partial charge is 0.295 e. The molecule has 120 valence electrons. The molecule has 1 aromatic heterocycles. The number of nitrogens with one attached hydrogen (secondary N) is 1. The van der Waals surface area contributed by atoms with Crippen LogP contribution >= 0.6 is 0 Å². The van der Waals surface area contributed by atoms with Gasteiger partial charge in [-0.3, -0.25) is 14.9 Å². The summed E-state index contributed by atoms with van der Waals surface area (Å²) in [6.45, 7) is 1.87. The maximum atomic E-state index is 12.4. The minimum absolute atomic E-state index is 0.189. The lowest BCUT2D eigenvalue weighted by molar-refractivity contribution is -0.384. The van der Waals surface area contributed by atoms with Crippen LogP contribution < -0.4 is 5.32 Å². The average molecular weight is 323 g/mol. The van der Waals surface area contributed by atoms with Crippen LogP contribution in [0.5, 0.6) is 0 Å². The predicted octanol–water partition coefficient (Wildman–Crippen LogP) is 2.74. The fraction of sp³-hybridized carbons (Fsp3) is 0.0625. The third-order valence-corrected chi connectivity index (χ3v) is 3.49. The lowest BCUT2D eigenvalue weighted by atomic mass is 10.1. The van der Waals surface area contributed by atoms with E-state index >= 15 is 0 Å². The van der Waals surface area contributed by atoms with Crippen molar-refractivity contribution in [2.45, 2.75) is 6.92 Å². The van der Waals surface area contributed by atoms with Crippen LogP contribution in [0.15, 0.2) is 55.1 Å². The van der Waals surface area contributed by atoms with E-state index in [1.165, 1.54) is 35.5 Å². The van der Waals surface area contributed by atoms with Crippen molar-refractivity contribution < 1.29 is 9.72 Å². The van der Waals surface area contributed by atoms with Gasteiger partial charge in [-0.15, -0.1) is 0 Å². The fourth-order valence-corrected chi connectivity index (χ4v) is 2.24. The van der Waals surface area contributed by atoms with Crippen molar-refractivity contribution in [1.29, 1.82) is 0 Å². The van der Waals surface area contributed by atoms with Crippen LogP contribution in [0.4, 0.5) is 11.4 Å². The Bertz CT molecular complexity index is 906. The van der Waals surface area contributed by atoms with E-state index in [-0.39, 0.29) is 16.9 Å². The fourth-order valence-electron chi connectivity index (χ4n) is 2.24. The van der Waals surface area contributed by atoms with Crippen LogP contribution in [-0.4, -0.2) is 25.6 Å². The minimum atomic E-state index is -0.554. The van der Waals surface area contributed by atoms with Crippen LogP contribution in [-0.2, 0) is 0 Å². The highest BCUT2D eigenvalue weighted by atomic mass is 16.6. The van der Waals surface area contributed by atoms with Crippen molar-refractivity contribution in [3.63, 3.8) is 0 Å². The molecule has 8 heteroatoms. The molecule has 0 aliphatic rings. The molecular weight excluding hydrogens is 310 g/mol. The summed E-state index contributed by atoms with van der Waals surface area (Å²) in [5.41, 5.74) is 1.77. The maximum absolute atomic E-state index is 12.4. The number of para-hydroxylation sites is 1. The van der Waals surface area contributed by atoms with Gasteiger partial charge >= 0.3 is 0 Å². The first-order chi connectivity index (χ1) is 11.6. The van der Waals surface area contributed by atoms with Crippen LogP contribution in [0.3, 0.4) is 0 Å². The van der Waals surface area contributed by atoms with E-state index in [1.807, 2.05) is 19.1 Å². The zero-order chi connectivity index (χ0) is 17.1. The summed E-state index contributed by atoms with van der Waals surface area (Å²) in [4.78, 5) is 26.9. The van der Waals surface area contributed by atoms with Crippen LogP contribution in [0.1, 0.15) is 15.9 Å². The van der Waals surface area contributed by atoms with Gasteiger partial charge < -0.3 is 5.32 Å². The number of nitrogens with zero attached hydrogens (tertiary/aromatic N) is 4. The van der Waals surface area contributed by atoms with Crippen LogP contribution in [0.25, 0.3) is 5.69 Å². The molecule has 3 rings (SSSR count). The first kappa shape index (κ1) is 15.3. The van der Waals surface area contributed by atoms with Gasteiger partial charge in [-0.25, -0.2) is 9.67 Å². The Morgan fingerprint density at radius 2 is 2.04 bits per heavy atom. The molecule has 0 atom stereocenters. The van der Waals surface area contributed by atoms with Gasteiger partial charge in [0.2, 0.25) is 0 Å². The standard InChI is InChI=1S/C16H13N5O3/c1-11-4-2-3-5-13(11)19-16(22)12-6-7-14(15(8-12)21(23)24)20-10-17-9-18-20/h2-10H,1H3,(H,19,22). The molecule has 0 aliphatic carbocycles. The molecule has 0 fully saturated rings. The van der Waals surface area contributed by atoms with E-state index in [4.69, 9.17) is 0 Å². The zero-order valence-electron chi connectivity index (χ0n) is 12.7. The number of hydrogen-bond acceptors (Lipinski definition) is 5. The van der Waals surface area contributed by atoms with Crippen molar-refractivity contribution in [2.75, 3.05) is 5.32 Å². The topological polar surface area (TPSA) is 103 Å². The maximum Gasteiger partial charge on any atom is 0.295 e. The van der Waals surface area contributed by atoms with Crippen molar-refractivity contribution in [1.82, 2.24) is 14.8 Å². The molecule has 0 unspecified atom stereocenters. The molecule has 0 saturated carbocycles. The second-order valence-electron chi connectivity index (χ2n) is 5.07. The highest BCUT2D eigenvalue weighted by molar-refractivity contribution is 6.05. The SMILES string of the molecule is Cc1ccccc1NC(=O)c1ccc(-n2cncn2)c([N+](=O)[O-])c1. The summed E-state index contributed by atoms with van der Waals surface area (Å²) < 4.78 is 1.28. The Balaban J connectivity index is 1.94. The first-order valence-electron chi connectivity index (χ1n) is 7.06. The van der Waals surface area contributed by atoms with Gasteiger partial charge in [-0.2, -0.15) is 5.10 Å². The van der Waals surface area contributed by atoms with E-state index < -0.39 is 10.8 Å². The monoisotopic (exact) mass is 323 g/mol. The third-order valence-electron chi connectivity index (χ3n) is 3.49. The highest BCUT2D eigenvalue weighted by Crippen LogP contribution is 2.24. The molecule has 0 radical (unpaired) electrons. The number of carbonyl (C=O) groups excluding carboxylic acids is 1. The van der Waals surface area contributed by atoms with Crippen LogP contribution in [0.2, 0.25) is 0 Å². The van der Waals surface area contributed by atoms with Gasteiger partial charge in [-0.05, 0) is 30.7 Å². The summed E-state index contributed by atoms with van der Waals surface area (Å²) in [6.07, 6.45) is 2.64. The third kappa shape index (κ3) is 2.98. The van der Waals surface area contributed by atoms with E-state index in [1.54, 1.807) is 12.1 Å². The second-order valence-corrected chi connectivity index (χ2v) is 5.07. The number of aromatic nitrogens is 3. The number of hydrogen-bond donors (Lipinski definition) is 1. The summed E-state index contributed by atoms with van der Waals surface area (Å²) in [5.74, 6) is -0.419. The second kappa shape index (κ2) is 6.29. The minimum Gasteiger partial charge on any atom is -0.322 e. The van der Waals surface area contributed by atoms with Gasteiger partial charge in [0.15, 0.2) is 0 Å². The number of amides is 1. The molecular formula is C16H13N5O3. The molecule has 3 aromatic rings. The van der Waals surface area contributed by atoms with Crippen molar-refractivity contribution in [3.05, 3.63) is 76.4 Å². The Kier molecular flexibility index (Phi) is 4.02. The molecule has 0 bridgehead atoms. The number of anilines is 1. The quantitative estimate of drug-likeness (QED) is 0.587. The molecule has 1 N–H and O–H groups in total. The number of aryl methyl sites for hydroxylation is 1. The average Bonchev–Trinajstić information content (AvgIpc) is 3.10. The van der Waals surface area contributed by atoms with Crippen LogP contribution in [0, 0.1) is 17.0 Å². The van der Waals surface area contributed by atoms with Gasteiger partial charge in [0.05, 0.1) is 4.92 Å². The highest BCUT2D eigenvalue weighted by Gasteiger charge is 2.19. The van der Waals surface area contributed by atoms with Crippen molar-refractivity contribution in [2.24, 2.45) is 0 Å².